The second-order valence-electron chi connectivity index (χ2n) is 6.77. The normalized spacial score (nSPS) is 14.3. The third kappa shape index (κ3) is 4.15. The molecule has 0 atom stereocenters. The number of fused-ring (bicyclic) bond motifs is 1. The first-order valence-corrected chi connectivity index (χ1v) is 9.86. The van der Waals surface area contributed by atoms with Crippen LogP contribution in [0.2, 0.25) is 0 Å². The number of nitrogens with zero attached hydrogens (tertiary/aromatic N) is 2. The predicted octanol–water partition coefficient (Wildman–Crippen LogP) is 3.55. The van der Waals surface area contributed by atoms with E-state index in [0.717, 1.165) is 24.2 Å². The van der Waals surface area contributed by atoms with Gasteiger partial charge in [-0.3, -0.25) is 9.48 Å². The lowest BCUT2D eigenvalue weighted by atomic mass is 10.00. The summed E-state index contributed by atoms with van der Waals surface area (Å²) in [7, 11) is 1.82. The molecule has 26 heavy (non-hydrogen) atoms. The summed E-state index contributed by atoms with van der Waals surface area (Å²) >= 11 is 1.51. The van der Waals surface area contributed by atoms with Crippen LogP contribution in [0, 0.1) is 13.8 Å². The number of rotatable bonds is 4. The zero-order valence-corrected chi connectivity index (χ0v) is 16.4. The fourth-order valence-corrected chi connectivity index (χ4v) is 4.42. The van der Waals surface area contributed by atoms with Crippen LogP contribution in [-0.4, -0.2) is 28.3 Å². The maximum absolute atomic E-state index is 12.3. The average Bonchev–Trinajstić information content (AvgIpc) is 3.08. The number of hydrogen-bond donors (Lipinski definition) is 1. The Bertz CT molecular complexity index is 797. The molecule has 1 amide bonds. The van der Waals surface area contributed by atoms with Crippen LogP contribution in [0.5, 0.6) is 0 Å². The van der Waals surface area contributed by atoms with Gasteiger partial charge in [0.1, 0.15) is 4.88 Å². The van der Waals surface area contributed by atoms with Gasteiger partial charge in [-0.25, -0.2) is 4.79 Å². The van der Waals surface area contributed by atoms with Crippen molar-refractivity contribution >= 4 is 28.9 Å². The van der Waals surface area contributed by atoms with Crippen LogP contribution in [0.1, 0.15) is 57.2 Å². The predicted molar refractivity (Wildman–Crippen MR) is 102 cm³/mol. The molecule has 140 valence electrons. The molecule has 0 radical (unpaired) electrons. The smallest absolute Gasteiger partial charge is 0.348 e. The minimum absolute atomic E-state index is 0.296. The molecule has 3 rings (SSSR count). The first kappa shape index (κ1) is 18.6. The Labute approximate surface area is 157 Å². The minimum Gasteiger partial charge on any atom is -0.451 e. The topological polar surface area (TPSA) is 73.2 Å². The zero-order valence-electron chi connectivity index (χ0n) is 15.6. The van der Waals surface area contributed by atoms with Crippen molar-refractivity contribution in [1.82, 2.24) is 9.78 Å². The van der Waals surface area contributed by atoms with E-state index in [4.69, 9.17) is 4.74 Å². The van der Waals surface area contributed by atoms with Gasteiger partial charge in [0.05, 0.1) is 17.1 Å². The maximum Gasteiger partial charge on any atom is 0.348 e. The molecule has 0 aliphatic heterocycles. The number of amides is 1. The third-order valence-electron chi connectivity index (χ3n) is 4.81. The van der Waals surface area contributed by atoms with Gasteiger partial charge in [-0.05, 0) is 51.2 Å². The molecule has 1 aliphatic rings. The van der Waals surface area contributed by atoms with Gasteiger partial charge in [-0.15, -0.1) is 11.3 Å². The zero-order chi connectivity index (χ0) is 18.7. The summed E-state index contributed by atoms with van der Waals surface area (Å²) in [5.74, 6) is -0.774. The first-order valence-electron chi connectivity index (χ1n) is 9.04. The molecular formula is C19H25N3O3S. The Morgan fingerprint density at radius 1 is 1.23 bits per heavy atom. The van der Waals surface area contributed by atoms with E-state index in [1.165, 1.54) is 47.5 Å². The van der Waals surface area contributed by atoms with Gasteiger partial charge in [0.25, 0.3) is 5.91 Å². The lowest BCUT2D eigenvalue weighted by Crippen LogP contribution is -2.21. The van der Waals surface area contributed by atoms with E-state index in [9.17, 15) is 9.59 Å². The van der Waals surface area contributed by atoms with Crippen molar-refractivity contribution in [2.75, 3.05) is 11.9 Å². The lowest BCUT2D eigenvalue weighted by Gasteiger charge is -2.07. The first-order chi connectivity index (χ1) is 12.5. The molecule has 2 aromatic rings. The highest BCUT2D eigenvalue weighted by Gasteiger charge is 2.19. The van der Waals surface area contributed by atoms with E-state index in [0.29, 0.717) is 10.6 Å². The summed E-state index contributed by atoms with van der Waals surface area (Å²) in [6.45, 7) is 3.41. The van der Waals surface area contributed by atoms with Crippen molar-refractivity contribution < 1.29 is 14.3 Å². The molecule has 0 aromatic carbocycles. The van der Waals surface area contributed by atoms with Crippen LogP contribution in [0.4, 0.5) is 5.69 Å². The van der Waals surface area contributed by atoms with Crippen molar-refractivity contribution in [2.45, 2.75) is 52.4 Å². The van der Waals surface area contributed by atoms with Crippen molar-refractivity contribution in [3.63, 3.8) is 0 Å². The van der Waals surface area contributed by atoms with E-state index in [1.807, 2.05) is 27.0 Å². The van der Waals surface area contributed by atoms with E-state index in [2.05, 4.69) is 10.4 Å². The summed E-state index contributed by atoms with van der Waals surface area (Å²) in [6, 6.07) is 1.95. The number of esters is 1. The third-order valence-corrected chi connectivity index (χ3v) is 6.02. The molecule has 1 N–H and O–H groups in total. The Morgan fingerprint density at radius 2 is 1.96 bits per heavy atom. The molecule has 0 fully saturated rings. The molecule has 7 heteroatoms. The highest BCUT2D eigenvalue weighted by molar-refractivity contribution is 7.14. The van der Waals surface area contributed by atoms with Crippen LogP contribution < -0.4 is 5.32 Å². The summed E-state index contributed by atoms with van der Waals surface area (Å²) in [5.41, 5.74) is 3.54. The number of carbonyl (C=O) groups is 2. The summed E-state index contributed by atoms with van der Waals surface area (Å²) < 4.78 is 6.93. The van der Waals surface area contributed by atoms with Crippen LogP contribution in [0.15, 0.2) is 6.07 Å². The largest absolute Gasteiger partial charge is 0.451 e. The lowest BCUT2D eigenvalue weighted by molar-refractivity contribution is -0.119. The molecule has 2 heterocycles. The van der Waals surface area contributed by atoms with Gasteiger partial charge in [0.15, 0.2) is 6.61 Å². The SMILES string of the molecule is Cc1nn(C)c(C)c1NC(=O)COC(=O)c1cc2c(s1)CCCCCC2. The van der Waals surface area contributed by atoms with Crippen LogP contribution >= 0.6 is 11.3 Å². The van der Waals surface area contributed by atoms with E-state index in [-0.39, 0.29) is 12.5 Å². The number of anilines is 1. The number of carbonyl (C=O) groups excluding carboxylic acids is 2. The maximum atomic E-state index is 12.3. The Hall–Kier alpha value is -2.15. The van der Waals surface area contributed by atoms with Gasteiger partial charge in [-0.2, -0.15) is 5.10 Å². The Kier molecular flexibility index (Phi) is 5.76. The number of ether oxygens (including phenoxy) is 1. The molecule has 1 aliphatic carbocycles. The second-order valence-corrected chi connectivity index (χ2v) is 7.90. The molecule has 0 saturated heterocycles. The molecular weight excluding hydrogens is 350 g/mol. The highest BCUT2D eigenvalue weighted by atomic mass is 32.1. The summed E-state index contributed by atoms with van der Waals surface area (Å²) in [4.78, 5) is 26.3. The van der Waals surface area contributed by atoms with Crippen molar-refractivity contribution in [3.8, 4) is 0 Å². The average molecular weight is 375 g/mol. The Balaban J connectivity index is 1.58. The number of hydrogen-bond acceptors (Lipinski definition) is 5. The van der Waals surface area contributed by atoms with E-state index < -0.39 is 5.97 Å². The monoisotopic (exact) mass is 375 g/mol. The number of aryl methyl sites for hydroxylation is 4. The molecule has 6 nitrogen and oxygen atoms in total. The van der Waals surface area contributed by atoms with Gasteiger partial charge < -0.3 is 10.1 Å². The van der Waals surface area contributed by atoms with Crippen LogP contribution in [-0.2, 0) is 29.4 Å². The molecule has 0 unspecified atom stereocenters. The molecule has 0 saturated carbocycles. The fraction of sp³-hybridized carbons (Fsp3) is 0.526. The second kappa shape index (κ2) is 8.03. The van der Waals surface area contributed by atoms with Crippen molar-refractivity contribution in [1.29, 1.82) is 0 Å². The standard InChI is InChI=1S/C19H25N3O3S/c1-12-18(13(2)22(3)21-12)20-17(23)11-25-19(24)16-10-14-8-6-4-5-7-9-15(14)26-16/h10H,4-9,11H2,1-3H3,(H,20,23). The van der Waals surface area contributed by atoms with Gasteiger partial charge in [0, 0.05) is 11.9 Å². The summed E-state index contributed by atoms with van der Waals surface area (Å²) in [5, 5.41) is 7.03. The van der Waals surface area contributed by atoms with E-state index >= 15 is 0 Å². The van der Waals surface area contributed by atoms with E-state index in [1.54, 1.807) is 4.68 Å². The fourth-order valence-electron chi connectivity index (χ4n) is 3.28. The number of aromatic nitrogens is 2. The highest BCUT2D eigenvalue weighted by Crippen LogP contribution is 2.29. The van der Waals surface area contributed by atoms with Crippen molar-refractivity contribution in [2.24, 2.45) is 7.05 Å². The summed E-state index contributed by atoms with van der Waals surface area (Å²) in [6.07, 6.45) is 6.91. The quantitative estimate of drug-likeness (QED) is 0.830. The molecule has 2 aromatic heterocycles. The molecule has 0 spiro atoms. The van der Waals surface area contributed by atoms with Gasteiger partial charge >= 0.3 is 5.97 Å². The van der Waals surface area contributed by atoms with Crippen LogP contribution in [0.3, 0.4) is 0 Å². The van der Waals surface area contributed by atoms with Crippen LogP contribution in [0.25, 0.3) is 0 Å². The number of nitrogens with one attached hydrogen (secondary N) is 1. The molecule has 0 bridgehead atoms. The minimum atomic E-state index is -0.420. The van der Waals surface area contributed by atoms with Gasteiger partial charge in [0.2, 0.25) is 0 Å². The van der Waals surface area contributed by atoms with Crippen molar-refractivity contribution in [3.05, 3.63) is 32.8 Å². The number of thiophene rings is 1. The Morgan fingerprint density at radius 3 is 2.65 bits per heavy atom. The van der Waals surface area contributed by atoms with Gasteiger partial charge in [-0.1, -0.05) is 12.8 Å².